The van der Waals surface area contributed by atoms with Crippen molar-refractivity contribution in [3.05, 3.63) is 69.0 Å². The van der Waals surface area contributed by atoms with Gasteiger partial charge in [-0.05, 0) is 62.2 Å². The summed E-state index contributed by atoms with van der Waals surface area (Å²) in [5, 5.41) is 3.74. The molecular formula is C17H19ClFN. The van der Waals surface area contributed by atoms with E-state index < -0.39 is 0 Å². The molecule has 0 aromatic heterocycles. The van der Waals surface area contributed by atoms with Crippen LogP contribution >= 0.6 is 11.6 Å². The SMILES string of the molecule is CNC(c1cc(C)ccc1C)c1cc(C)c(F)cc1Cl. The minimum atomic E-state index is -0.269. The van der Waals surface area contributed by atoms with Gasteiger partial charge >= 0.3 is 0 Å². The second kappa shape index (κ2) is 5.94. The summed E-state index contributed by atoms with van der Waals surface area (Å²) in [5.41, 5.74) is 5.06. The molecule has 20 heavy (non-hydrogen) atoms. The Kier molecular flexibility index (Phi) is 4.46. The zero-order valence-electron chi connectivity index (χ0n) is 12.2. The predicted molar refractivity (Wildman–Crippen MR) is 83.0 cm³/mol. The van der Waals surface area contributed by atoms with Crippen LogP contribution in [0.25, 0.3) is 0 Å². The average molecular weight is 292 g/mol. The first-order valence-corrected chi connectivity index (χ1v) is 7.01. The molecule has 106 valence electrons. The van der Waals surface area contributed by atoms with E-state index in [9.17, 15) is 4.39 Å². The third-order valence-corrected chi connectivity index (χ3v) is 3.95. The van der Waals surface area contributed by atoms with Crippen molar-refractivity contribution in [1.82, 2.24) is 5.32 Å². The topological polar surface area (TPSA) is 12.0 Å². The number of hydrogen-bond acceptors (Lipinski definition) is 1. The molecule has 3 heteroatoms. The molecule has 1 nitrogen and oxygen atoms in total. The van der Waals surface area contributed by atoms with Crippen molar-refractivity contribution in [3.8, 4) is 0 Å². The summed E-state index contributed by atoms with van der Waals surface area (Å²) in [7, 11) is 1.89. The van der Waals surface area contributed by atoms with E-state index in [0.717, 1.165) is 5.56 Å². The van der Waals surface area contributed by atoms with E-state index in [1.54, 1.807) is 6.92 Å². The van der Waals surface area contributed by atoms with Gasteiger partial charge in [0.25, 0.3) is 0 Å². The molecule has 0 heterocycles. The van der Waals surface area contributed by atoms with Crippen LogP contribution in [-0.2, 0) is 0 Å². The highest BCUT2D eigenvalue weighted by atomic mass is 35.5. The zero-order valence-corrected chi connectivity index (χ0v) is 13.0. The van der Waals surface area contributed by atoms with Crippen LogP contribution in [0.5, 0.6) is 0 Å². The summed E-state index contributed by atoms with van der Waals surface area (Å²) in [6.07, 6.45) is 0. The van der Waals surface area contributed by atoms with Gasteiger partial charge in [-0.25, -0.2) is 4.39 Å². The van der Waals surface area contributed by atoms with Crippen LogP contribution in [0, 0.1) is 26.6 Å². The predicted octanol–water partition coefficient (Wildman–Crippen LogP) is 4.71. The smallest absolute Gasteiger partial charge is 0.127 e. The van der Waals surface area contributed by atoms with E-state index in [0.29, 0.717) is 10.6 Å². The first kappa shape index (κ1) is 15.0. The lowest BCUT2D eigenvalue weighted by Gasteiger charge is -2.22. The van der Waals surface area contributed by atoms with Crippen LogP contribution in [0.1, 0.15) is 33.9 Å². The Morgan fingerprint density at radius 1 is 1.00 bits per heavy atom. The highest BCUT2D eigenvalue weighted by molar-refractivity contribution is 6.31. The van der Waals surface area contributed by atoms with Gasteiger partial charge in [-0.1, -0.05) is 35.4 Å². The molecular weight excluding hydrogens is 273 g/mol. The minimum absolute atomic E-state index is 0.0401. The first-order chi connectivity index (χ1) is 9.43. The monoisotopic (exact) mass is 291 g/mol. The molecule has 0 fully saturated rings. The summed E-state index contributed by atoms with van der Waals surface area (Å²) >= 11 is 6.24. The van der Waals surface area contributed by atoms with Crippen molar-refractivity contribution in [2.75, 3.05) is 7.05 Å². The van der Waals surface area contributed by atoms with Crippen molar-refractivity contribution >= 4 is 11.6 Å². The lowest BCUT2D eigenvalue weighted by Crippen LogP contribution is -2.19. The number of nitrogens with one attached hydrogen (secondary N) is 1. The Balaban J connectivity index is 2.58. The molecule has 0 amide bonds. The largest absolute Gasteiger partial charge is 0.309 e. The van der Waals surface area contributed by atoms with Gasteiger partial charge in [0.05, 0.1) is 6.04 Å². The number of halogens is 2. The van der Waals surface area contributed by atoms with Crippen molar-refractivity contribution < 1.29 is 4.39 Å². The minimum Gasteiger partial charge on any atom is -0.309 e. The molecule has 2 aromatic rings. The number of hydrogen-bond donors (Lipinski definition) is 1. The van der Waals surface area contributed by atoms with Gasteiger partial charge in [0, 0.05) is 5.02 Å². The van der Waals surface area contributed by atoms with Crippen LogP contribution in [0.4, 0.5) is 4.39 Å². The van der Waals surface area contributed by atoms with E-state index in [2.05, 4.69) is 37.4 Å². The molecule has 0 saturated carbocycles. The van der Waals surface area contributed by atoms with Gasteiger partial charge in [0.1, 0.15) is 5.82 Å². The normalized spacial score (nSPS) is 12.5. The Morgan fingerprint density at radius 2 is 1.70 bits per heavy atom. The van der Waals surface area contributed by atoms with Crippen molar-refractivity contribution in [1.29, 1.82) is 0 Å². The lowest BCUT2D eigenvalue weighted by atomic mass is 9.92. The number of benzene rings is 2. The maximum Gasteiger partial charge on any atom is 0.127 e. The van der Waals surface area contributed by atoms with Gasteiger partial charge in [0.2, 0.25) is 0 Å². The Bertz CT molecular complexity index is 637. The summed E-state index contributed by atoms with van der Waals surface area (Å²) < 4.78 is 13.6. The van der Waals surface area contributed by atoms with Crippen molar-refractivity contribution in [2.24, 2.45) is 0 Å². The maximum atomic E-state index is 13.6. The Hall–Kier alpha value is -1.38. The second-order valence-electron chi connectivity index (χ2n) is 5.20. The maximum absolute atomic E-state index is 13.6. The fourth-order valence-electron chi connectivity index (χ4n) is 2.45. The molecule has 2 aromatic carbocycles. The number of aryl methyl sites for hydroxylation is 3. The molecule has 0 bridgehead atoms. The van der Waals surface area contributed by atoms with Crippen LogP contribution in [0.2, 0.25) is 5.02 Å². The average Bonchev–Trinajstić information content (AvgIpc) is 2.40. The van der Waals surface area contributed by atoms with Crippen LogP contribution in [-0.4, -0.2) is 7.05 Å². The van der Waals surface area contributed by atoms with E-state index in [-0.39, 0.29) is 11.9 Å². The standard InChI is InChI=1S/C17H19ClFN/c1-10-5-6-11(2)13(7-10)17(20-4)14-8-12(3)16(19)9-15(14)18/h5-9,17,20H,1-4H3. The highest BCUT2D eigenvalue weighted by Gasteiger charge is 2.18. The van der Waals surface area contributed by atoms with E-state index in [1.165, 1.54) is 22.8 Å². The van der Waals surface area contributed by atoms with Gasteiger partial charge in [-0.2, -0.15) is 0 Å². The van der Waals surface area contributed by atoms with Gasteiger partial charge in [-0.3, -0.25) is 0 Å². The van der Waals surface area contributed by atoms with Crippen LogP contribution in [0.15, 0.2) is 30.3 Å². The molecule has 0 radical (unpaired) electrons. The fraction of sp³-hybridized carbons (Fsp3) is 0.294. The summed E-state index contributed by atoms with van der Waals surface area (Å²) in [5.74, 6) is -0.269. The summed E-state index contributed by atoms with van der Waals surface area (Å²) in [4.78, 5) is 0. The van der Waals surface area contributed by atoms with Crippen molar-refractivity contribution in [3.63, 3.8) is 0 Å². The third kappa shape index (κ3) is 2.87. The van der Waals surface area contributed by atoms with E-state index in [4.69, 9.17) is 11.6 Å². The molecule has 1 atom stereocenters. The first-order valence-electron chi connectivity index (χ1n) is 6.64. The summed E-state index contributed by atoms with van der Waals surface area (Å²) in [6.45, 7) is 5.89. The van der Waals surface area contributed by atoms with E-state index >= 15 is 0 Å². The van der Waals surface area contributed by atoms with E-state index in [1.807, 2.05) is 13.1 Å². The van der Waals surface area contributed by atoms with Crippen LogP contribution < -0.4 is 5.32 Å². The molecule has 0 saturated heterocycles. The lowest BCUT2D eigenvalue weighted by molar-refractivity contribution is 0.614. The fourth-order valence-corrected chi connectivity index (χ4v) is 2.71. The molecule has 1 unspecified atom stereocenters. The number of rotatable bonds is 3. The molecule has 2 rings (SSSR count). The summed E-state index contributed by atoms with van der Waals surface area (Å²) in [6, 6.07) is 9.50. The molecule has 0 aliphatic carbocycles. The second-order valence-corrected chi connectivity index (χ2v) is 5.61. The Morgan fingerprint density at radius 3 is 2.35 bits per heavy atom. The third-order valence-electron chi connectivity index (χ3n) is 3.62. The van der Waals surface area contributed by atoms with Gasteiger partial charge in [-0.15, -0.1) is 0 Å². The highest BCUT2D eigenvalue weighted by Crippen LogP contribution is 2.32. The van der Waals surface area contributed by atoms with Crippen molar-refractivity contribution in [2.45, 2.75) is 26.8 Å². The molecule has 0 aliphatic rings. The van der Waals surface area contributed by atoms with Gasteiger partial charge in [0.15, 0.2) is 0 Å². The molecule has 0 aliphatic heterocycles. The zero-order chi connectivity index (χ0) is 14.9. The molecule has 0 spiro atoms. The Labute approximate surface area is 124 Å². The molecule has 1 N–H and O–H groups in total. The quantitative estimate of drug-likeness (QED) is 0.863. The van der Waals surface area contributed by atoms with Crippen LogP contribution in [0.3, 0.4) is 0 Å². The van der Waals surface area contributed by atoms with Gasteiger partial charge < -0.3 is 5.32 Å².